The van der Waals surface area contributed by atoms with Gasteiger partial charge < -0.3 is 20.9 Å². The number of amides is 1. The summed E-state index contributed by atoms with van der Waals surface area (Å²) in [4.78, 5) is 30.5. The summed E-state index contributed by atoms with van der Waals surface area (Å²) in [5, 5.41) is 10.4. The number of ether oxygens (including phenoxy) is 1. The molecular weight excluding hydrogens is 359 g/mol. The van der Waals surface area contributed by atoms with E-state index >= 15 is 0 Å². The Bertz CT molecular complexity index is 540. The van der Waals surface area contributed by atoms with E-state index in [4.69, 9.17) is 34.0 Å². The molecule has 0 bridgehead atoms. The molecule has 0 aromatic heterocycles. The van der Waals surface area contributed by atoms with Crippen molar-refractivity contribution in [3.63, 3.8) is 0 Å². The summed E-state index contributed by atoms with van der Waals surface area (Å²) in [5.41, 5.74) is 6.63. The van der Waals surface area contributed by atoms with Crippen LogP contribution >= 0.6 is 23.2 Å². The van der Waals surface area contributed by atoms with Crippen molar-refractivity contribution < 1.29 is 24.2 Å². The third-order valence-corrected chi connectivity index (χ3v) is 3.13. The van der Waals surface area contributed by atoms with Gasteiger partial charge in [-0.2, -0.15) is 0 Å². The van der Waals surface area contributed by atoms with E-state index in [0.29, 0.717) is 6.42 Å². The summed E-state index contributed by atoms with van der Waals surface area (Å²) in [5.74, 6) is -2.21. The molecule has 0 aliphatic heterocycles. The molecule has 0 spiro atoms. The molecule has 24 heavy (non-hydrogen) atoms. The number of nitrogens with two attached hydrogens (primary N) is 1. The van der Waals surface area contributed by atoms with E-state index < -0.39 is 28.8 Å². The minimum atomic E-state index is -1.23. The number of methoxy groups -OCH3 is 1. The molecule has 1 aromatic rings. The molecular formula is C15H20Cl2N2O5. The normalized spacial score (nSPS) is 12.4. The summed E-state index contributed by atoms with van der Waals surface area (Å²) < 4.78 is 4.52. The molecule has 1 amide bonds. The Morgan fingerprint density at radius 3 is 2.21 bits per heavy atom. The number of hydrogen-bond donors (Lipinski definition) is 3. The highest BCUT2D eigenvalue weighted by Gasteiger charge is 2.18. The van der Waals surface area contributed by atoms with Crippen LogP contribution in [0, 0.1) is 0 Å². The number of carbonyl (C=O) groups excluding carboxylic acids is 2. The van der Waals surface area contributed by atoms with Crippen molar-refractivity contribution in [2.75, 3.05) is 7.11 Å². The smallest absolute Gasteiger partial charge is 0.325 e. The number of carbonyl (C=O) groups is 3. The van der Waals surface area contributed by atoms with Crippen LogP contribution in [-0.2, 0) is 25.5 Å². The van der Waals surface area contributed by atoms with E-state index in [0.717, 1.165) is 5.56 Å². The van der Waals surface area contributed by atoms with Gasteiger partial charge in [0.15, 0.2) is 4.84 Å². The van der Waals surface area contributed by atoms with Gasteiger partial charge in [0.2, 0.25) is 0 Å². The first-order valence-electron chi connectivity index (χ1n) is 6.87. The lowest BCUT2D eigenvalue weighted by Gasteiger charge is -2.08. The number of carboxylic acid groups (broad SMARTS) is 1. The van der Waals surface area contributed by atoms with Crippen LogP contribution in [0.4, 0.5) is 0 Å². The zero-order chi connectivity index (χ0) is 18.7. The number of carboxylic acids is 1. The number of rotatable bonds is 6. The second kappa shape index (κ2) is 11.7. The molecule has 0 saturated carbocycles. The maximum absolute atomic E-state index is 11.0. The minimum Gasteiger partial charge on any atom is -0.480 e. The van der Waals surface area contributed by atoms with Gasteiger partial charge in [-0.1, -0.05) is 53.5 Å². The van der Waals surface area contributed by atoms with Crippen LogP contribution in [0.25, 0.3) is 0 Å². The van der Waals surface area contributed by atoms with Crippen LogP contribution in [-0.4, -0.2) is 47.0 Å². The molecule has 2 atom stereocenters. The van der Waals surface area contributed by atoms with Crippen molar-refractivity contribution in [1.82, 2.24) is 5.32 Å². The number of aliphatic carboxylic acids is 1. The van der Waals surface area contributed by atoms with Crippen LogP contribution in [0.1, 0.15) is 12.5 Å². The maximum Gasteiger partial charge on any atom is 0.325 e. The third-order valence-electron chi connectivity index (χ3n) is 2.73. The summed E-state index contributed by atoms with van der Waals surface area (Å²) >= 11 is 10.3. The number of benzene rings is 1. The Morgan fingerprint density at radius 2 is 1.79 bits per heavy atom. The molecule has 0 heterocycles. The lowest BCUT2D eigenvalue weighted by atomic mass is 10.1. The number of nitrogens with one attached hydrogen (secondary N) is 1. The minimum absolute atomic E-state index is 0.371. The summed E-state index contributed by atoms with van der Waals surface area (Å²) in [7, 11) is 1.34. The molecule has 1 rings (SSSR count). The van der Waals surface area contributed by atoms with Gasteiger partial charge in [0.25, 0.3) is 5.91 Å². The first-order chi connectivity index (χ1) is 11.2. The lowest BCUT2D eigenvalue weighted by molar-refractivity contribution is -0.142. The Balaban J connectivity index is 0.000000449. The average Bonchev–Trinajstić information content (AvgIpc) is 2.55. The van der Waals surface area contributed by atoms with Gasteiger partial charge in [0.1, 0.15) is 12.1 Å². The van der Waals surface area contributed by atoms with E-state index in [2.05, 4.69) is 10.1 Å². The molecule has 0 aliphatic carbocycles. The fraction of sp³-hybridized carbons (Fsp3) is 0.400. The van der Waals surface area contributed by atoms with Gasteiger partial charge in [0, 0.05) is 0 Å². The molecule has 0 fully saturated rings. The van der Waals surface area contributed by atoms with E-state index in [1.165, 1.54) is 14.0 Å². The van der Waals surface area contributed by atoms with Crippen molar-refractivity contribution in [2.45, 2.75) is 30.3 Å². The van der Waals surface area contributed by atoms with Crippen molar-refractivity contribution in [1.29, 1.82) is 0 Å². The van der Waals surface area contributed by atoms with Gasteiger partial charge in [0.05, 0.1) is 7.11 Å². The fourth-order valence-electron chi connectivity index (χ4n) is 1.44. The number of esters is 1. The highest BCUT2D eigenvalue weighted by molar-refractivity contribution is 6.53. The van der Waals surface area contributed by atoms with Crippen LogP contribution in [0.3, 0.4) is 0 Å². The summed E-state index contributed by atoms with van der Waals surface area (Å²) in [6.45, 7) is 1.32. The fourth-order valence-corrected chi connectivity index (χ4v) is 1.57. The Hall–Kier alpha value is -1.83. The molecule has 0 saturated heterocycles. The first kappa shape index (κ1) is 22.2. The number of hydrogen-bond acceptors (Lipinski definition) is 5. The molecule has 9 heteroatoms. The molecule has 0 aliphatic rings. The molecule has 2 unspecified atom stereocenters. The van der Waals surface area contributed by atoms with Crippen LogP contribution in [0.15, 0.2) is 30.3 Å². The standard InChI is InChI=1S/C10H13NO2.C5H7Cl2NO3/c1-13-10(12)9(11)7-8-5-3-2-4-6-8;1-2(5(10)11)8-4(9)3(6)7/h2-6,9H,7,11H2,1H3;2-3H,1H3,(H,8,9)(H,10,11). The summed E-state index contributed by atoms with van der Waals surface area (Å²) in [6.07, 6.45) is 0.521. The second-order valence-corrected chi connectivity index (χ2v) is 5.78. The van der Waals surface area contributed by atoms with Crippen molar-refractivity contribution >= 4 is 41.0 Å². The van der Waals surface area contributed by atoms with Crippen molar-refractivity contribution in [3.8, 4) is 0 Å². The topological polar surface area (TPSA) is 119 Å². The number of halogens is 2. The highest BCUT2D eigenvalue weighted by Crippen LogP contribution is 2.02. The zero-order valence-corrected chi connectivity index (χ0v) is 14.8. The highest BCUT2D eigenvalue weighted by atomic mass is 35.5. The SMILES string of the molecule is CC(NC(=O)C(Cl)Cl)C(=O)O.COC(=O)C(N)Cc1ccccc1. The maximum atomic E-state index is 11.0. The van der Waals surface area contributed by atoms with Crippen LogP contribution in [0.2, 0.25) is 0 Å². The van der Waals surface area contributed by atoms with E-state index in [1.807, 2.05) is 30.3 Å². The predicted molar refractivity (Wildman–Crippen MR) is 90.9 cm³/mol. The van der Waals surface area contributed by atoms with E-state index in [-0.39, 0.29) is 5.97 Å². The third kappa shape index (κ3) is 9.34. The molecule has 1 aromatic carbocycles. The lowest BCUT2D eigenvalue weighted by Crippen LogP contribution is -2.40. The van der Waals surface area contributed by atoms with Gasteiger partial charge in [-0.3, -0.25) is 14.4 Å². The van der Waals surface area contributed by atoms with Gasteiger partial charge >= 0.3 is 11.9 Å². The van der Waals surface area contributed by atoms with Gasteiger partial charge in [-0.05, 0) is 18.9 Å². The van der Waals surface area contributed by atoms with Gasteiger partial charge in [-0.15, -0.1) is 0 Å². The first-order valence-corrected chi connectivity index (χ1v) is 7.75. The molecule has 4 N–H and O–H groups in total. The number of alkyl halides is 2. The molecule has 0 radical (unpaired) electrons. The van der Waals surface area contributed by atoms with E-state index in [9.17, 15) is 14.4 Å². The van der Waals surface area contributed by atoms with E-state index in [1.54, 1.807) is 0 Å². The molecule has 7 nitrogen and oxygen atoms in total. The Kier molecular flexibility index (Phi) is 10.8. The summed E-state index contributed by atoms with van der Waals surface area (Å²) in [6, 6.07) is 8.09. The Morgan fingerprint density at radius 1 is 1.25 bits per heavy atom. The zero-order valence-electron chi connectivity index (χ0n) is 13.2. The van der Waals surface area contributed by atoms with Crippen molar-refractivity contribution in [3.05, 3.63) is 35.9 Å². The van der Waals surface area contributed by atoms with Crippen LogP contribution < -0.4 is 11.1 Å². The quantitative estimate of drug-likeness (QED) is 0.503. The average molecular weight is 379 g/mol. The monoisotopic (exact) mass is 378 g/mol. The van der Waals surface area contributed by atoms with Crippen LogP contribution in [0.5, 0.6) is 0 Å². The molecule has 134 valence electrons. The largest absolute Gasteiger partial charge is 0.480 e. The van der Waals surface area contributed by atoms with Gasteiger partial charge in [-0.25, -0.2) is 0 Å². The van der Waals surface area contributed by atoms with Crippen molar-refractivity contribution in [2.24, 2.45) is 5.73 Å². The predicted octanol–water partition coefficient (Wildman–Crippen LogP) is 1.11. The second-order valence-electron chi connectivity index (χ2n) is 4.69. The Labute approximate surface area is 150 Å².